The third-order valence-electron chi connectivity index (χ3n) is 3.19. The molecule has 2 aromatic rings. The van der Waals surface area contributed by atoms with E-state index in [0.717, 1.165) is 18.7 Å². The van der Waals surface area contributed by atoms with Crippen molar-refractivity contribution < 1.29 is 9.63 Å². The van der Waals surface area contributed by atoms with Crippen molar-refractivity contribution in [3.05, 3.63) is 35.7 Å². The third kappa shape index (κ3) is 3.27. The van der Waals surface area contributed by atoms with Crippen molar-refractivity contribution >= 4 is 5.95 Å². The van der Waals surface area contributed by atoms with E-state index in [2.05, 4.69) is 10.1 Å². The van der Waals surface area contributed by atoms with E-state index in [4.69, 9.17) is 10.3 Å². The van der Waals surface area contributed by atoms with Crippen LogP contribution in [0.5, 0.6) is 5.75 Å². The van der Waals surface area contributed by atoms with Crippen LogP contribution in [0.2, 0.25) is 0 Å². The van der Waals surface area contributed by atoms with E-state index >= 15 is 0 Å². The highest BCUT2D eigenvalue weighted by atomic mass is 16.5. The van der Waals surface area contributed by atoms with E-state index in [9.17, 15) is 5.11 Å². The molecule has 3 N–H and O–H groups in total. The average molecular weight is 276 g/mol. The maximum Gasteiger partial charge on any atom is 0.266 e. The van der Waals surface area contributed by atoms with Crippen molar-refractivity contribution in [1.82, 2.24) is 10.1 Å². The number of benzene rings is 1. The summed E-state index contributed by atoms with van der Waals surface area (Å²) in [5.41, 5.74) is 7.10. The minimum Gasteiger partial charge on any atom is -0.508 e. The van der Waals surface area contributed by atoms with Crippen LogP contribution < -0.4 is 10.6 Å². The van der Waals surface area contributed by atoms with Crippen LogP contribution >= 0.6 is 0 Å². The number of phenols is 1. The maximum atomic E-state index is 9.25. The van der Waals surface area contributed by atoms with Gasteiger partial charge in [0.1, 0.15) is 5.75 Å². The zero-order valence-corrected chi connectivity index (χ0v) is 11.8. The SMILES string of the molecule is CCN(CC)c1noc([C@@H](N)Cc2ccc(O)cc2)n1. The van der Waals surface area contributed by atoms with Crippen LogP contribution in [0.15, 0.2) is 28.8 Å². The van der Waals surface area contributed by atoms with Crippen LogP contribution in [0.1, 0.15) is 31.3 Å². The van der Waals surface area contributed by atoms with Gasteiger partial charge in [0.25, 0.3) is 5.95 Å². The number of anilines is 1. The van der Waals surface area contributed by atoms with E-state index in [1.807, 2.05) is 30.9 Å². The molecule has 1 aromatic carbocycles. The van der Waals surface area contributed by atoms with Crippen LogP contribution in [0.3, 0.4) is 0 Å². The quantitative estimate of drug-likeness (QED) is 0.837. The number of phenolic OH excluding ortho intramolecular Hbond substituents is 1. The normalized spacial score (nSPS) is 12.3. The molecule has 6 heteroatoms. The van der Waals surface area contributed by atoms with Crippen molar-refractivity contribution in [1.29, 1.82) is 0 Å². The Kier molecular flexibility index (Phi) is 4.57. The molecule has 1 heterocycles. The molecule has 0 spiro atoms. The van der Waals surface area contributed by atoms with Crippen molar-refractivity contribution in [2.75, 3.05) is 18.0 Å². The molecule has 6 nitrogen and oxygen atoms in total. The summed E-state index contributed by atoms with van der Waals surface area (Å²) in [6.45, 7) is 5.72. The van der Waals surface area contributed by atoms with Crippen LogP contribution in [-0.2, 0) is 6.42 Å². The first-order valence-corrected chi connectivity index (χ1v) is 6.76. The lowest BCUT2D eigenvalue weighted by Crippen LogP contribution is -2.23. The van der Waals surface area contributed by atoms with Gasteiger partial charge in [0.15, 0.2) is 0 Å². The fourth-order valence-corrected chi connectivity index (χ4v) is 1.99. The molecule has 0 unspecified atom stereocenters. The van der Waals surface area contributed by atoms with E-state index in [0.29, 0.717) is 18.3 Å². The van der Waals surface area contributed by atoms with Gasteiger partial charge in [-0.15, -0.1) is 0 Å². The predicted octanol–water partition coefficient (Wildman–Crippen LogP) is 1.86. The van der Waals surface area contributed by atoms with Gasteiger partial charge in [0, 0.05) is 13.1 Å². The molecular formula is C14H20N4O2. The summed E-state index contributed by atoms with van der Waals surface area (Å²) < 4.78 is 5.23. The molecule has 0 amide bonds. The first kappa shape index (κ1) is 14.3. The molecule has 1 atom stereocenters. The summed E-state index contributed by atoms with van der Waals surface area (Å²) >= 11 is 0. The molecule has 108 valence electrons. The highest BCUT2D eigenvalue weighted by Crippen LogP contribution is 2.19. The zero-order valence-electron chi connectivity index (χ0n) is 11.8. The maximum absolute atomic E-state index is 9.25. The number of nitrogens with two attached hydrogens (primary N) is 1. The van der Waals surface area contributed by atoms with Gasteiger partial charge in [0.2, 0.25) is 5.89 Å². The Bertz CT molecular complexity index is 534. The van der Waals surface area contributed by atoms with Gasteiger partial charge in [-0.25, -0.2) is 0 Å². The van der Waals surface area contributed by atoms with Crippen molar-refractivity contribution in [3.63, 3.8) is 0 Å². The molecule has 0 aliphatic carbocycles. The fourth-order valence-electron chi connectivity index (χ4n) is 1.99. The second-order valence-electron chi connectivity index (χ2n) is 4.58. The van der Waals surface area contributed by atoms with E-state index in [-0.39, 0.29) is 11.8 Å². The lowest BCUT2D eigenvalue weighted by molar-refractivity contribution is 0.353. The topological polar surface area (TPSA) is 88.4 Å². The lowest BCUT2D eigenvalue weighted by atomic mass is 10.1. The number of hydrogen-bond donors (Lipinski definition) is 2. The van der Waals surface area contributed by atoms with Gasteiger partial charge in [-0.2, -0.15) is 4.98 Å². The second-order valence-corrected chi connectivity index (χ2v) is 4.58. The summed E-state index contributed by atoms with van der Waals surface area (Å²) in [4.78, 5) is 6.34. The fraction of sp³-hybridized carbons (Fsp3) is 0.429. The highest BCUT2D eigenvalue weighted by Gasteiger charge is 2.17. The van der Waals surface area contributed by atoms with E-state index in [1.54, 1.807) is 12.1 Å². The average Bonchev–Trinajstić information content (AvgIpc) is 2.92. The number of hydrogen-bond acceptors (Lipinski definition) is 6. The summed E-state index contributed by atoms with van der Waals surface area (Å²) in [5.74, 6) is 1.25. The predicted molar refractivity (Wildman–Crippen MR) is 76.6 cm³/mol. The summed E-state index contributed by atoms with van der Waals surface area (Å²) in [6.07, 6.45) is 0.583. The van der Waals surface area contributed by atoms with Crippen LogP contribution in [0.4, 0.5) is 5.95 Å². The number of aromatic nitrogens is 2. The van der Waals surface area contributed by atoms with Gasteiger partial charge in [-0.05, 0) is 43.1 Å². The Hall–Kier alpha value is -2.08. The standard InChI is InChI=1S/C14H20N4O2/c1-3-18(4-2)14-16-13(20-17-14)12(15)9-10-5-7-11(19)8-6-10/h5-8,12,19H,3-4,9,15H2,1-2H3/t12-/m0/s1. The Balaban J connectivity index is 2.05. The lowest BCUT2D eigenvalue weighted by Gasteiger charge is -2.14. The van der Waals surface area contributed by atoms with Gasteiger partial charge in [0.05, 0.1) is 6.04 Å². The Morgan fingerprint density at radius 3 is 2.50 bits per heavy atom. The molecule has 0 saturated carbocycles. The summed E-state index contributed by atoms with van der Waals surface area (Å²) in [6, 6.07) is 6.58. The Morgan fingerprint density at radius 1 is 1.25 bits per heavy atom. The van der Waals surface area contributed by atoms with Gasteiger partial charge in [-0.3, -0.25) is 0 Å². The Morgan fingerprint density at radius 2 is 1.90 bits per heavy atom. The molecule has 0 radical (unpaired) electrons. The molecular weight excluding hydrogens is 256 g/mol. The first-order valence-electron chi connectivity index (χ1n) is 6.76. The van der Waals surface area contributed by atoms with Crippen LogP contribution in [0.25, 0.3) is 0 Å². The van der Waals surface area contributed by atoms with Gasteiger partial charge in [-0.1, -0.05) is 12.1 Å². The largest absolute Gasteiger partial charge is 0.508 e. The molecule has 0 aliphatic rings. The molecule has 2 rings (SSSR count). The minimum atomic E-state index is -0.351. The first-order chi connectivity index (χ1) is 9.63. The van der Waals surface area contributed by atoms with Crippen LogP contribution in [0, 0.1) is 0 Å². The minimum absolute atomic E-state index is 0.240. The Labute approximate surface area is 118 Å². The molecule has 0 bridgehead atoms. The summed E-state index contributed by atoms with van der Waals surface area (Å²) in [7, 11) is 0. The van der Waals surface area contributed by atoms with Gasteiger partial charge >= 0.3 is 0 Å². The smallest absolute Gasteiger partial charge is 0.266 e. The second kappa shape index (κ2) is 6.38. The molecule has 0 aliphatic heterocycles. The molecule has 20 heavy (non-hydrogen) atoms. The zero-order chi connectivity index (χ0) is 14.5. The van der Waals surface area contributed by atoms with Crippen molar-refractivity contribution in [3.8, 4) is 5.75 Å². The molecule has 0 fully saturated rings. The summed E-state index contributed by atoms with van der Waals surface area (Å²) in [5, 5.41) is 13.2. The number of aromatic hydroxyl groups is 1. The monoisotopic (exact) mass is 276 g/mol. The van der Waals surface area contributed by atoms with Crippen LogP contribution in [-0.4, -0.2) is 28.3 Å². The van der Waals surface area contributed by atoms with E-state index < -0.39 is 0 Å². The number of rotatable bonds is 6. The van der Waals surface area contributed by atoms with Gasteiger partial charge < -0.3 is 20.3 Å². The van der Waals surface area contributed by atoms with Crippen molar-refractivity contribution in [2.45, 2.75) is 26.3 Å². The van der Waals surface area contributed by atoms with E-state index in [1.165, 1.54) is 0 Å². The molecule has 1 aromatic heterocycles. The molecule has 0 saturated heterocycles. The third-order valence-corrected chi connectivity index (χ3v) is 3.19. The highest BCUT2D eigenvalue weighted by molar-refractivity contribution is 5.29. The number of nitrogens with zero attached hydrogens (tertiary/aromatic N) is 3. The van der Waals surface area contributed by atoms with Crippen molar-refractivity contribution in [2.24, 2.45) is 5.73 Å².